The van der Waals surface area contributed by atoms with E-state index in [0.717, 1.165) is 33.2 Å². The largest absolute Gasteiger partial charge is 0.278 e. The monoisotopic (exact) mass is 899 g/mol. The molecule has 0 atom stereocenters. The first kappa shape index (κ1) is 38.8. The maximum Gasteiger partial charge on any atom is 0.235 e. The summed E-state index contributed by atoms with van der Waals surface area (Å²) in [5, 5.41) is 5.81. The predicted molar refractivity (Wildman–Crippen MR) is 290 cm³/mol. The van der Waals surface area contributed by atoms with Crippen molar-refractivity contribution in [2.45, 2.75) is 10.8 Å². The van der Waals surface area contributed by atoms with Crippen LogP contribution in [0.15, 0.2) is 249 Å². The highest BCUT2D eigenvalue weighted by atomic mass is 15.2. The van der Waals surface area contributed by atoms with Crippen LogP contribution in [0.3, 0.4) is 0 Å². The molecule has 13 aromatic rings. The molecule has 0 bridgehead atoms. The van der Waals surface area contributed by atoms with Crippen molar-refractivity contribution in [2.75, 3.05) is 0 Å². The fourth-order valence-electron chi connectivity index (χ4n) is 13.6. The summed E-state index contributed by atoms with van der Waals surface area (Å²) in [5.41, 5.74) is 21.9. The summed E-state index contributed by atoms with van der Waals surface area (Å²) in [4.78, 5) is 11.1. The van der Waals surface area contributed by atoms with E-state index in [-0.39, 0.29) is 0 Å². The molecule has 3 aliphatic carbocycles. The van der Waals surface area contributed by atoms with Crippen LogP contribution in [0.25, 0.3) is 94.1 Å². The fourth-order valence-corrected chi connectivity index (χ4v) is 13.6. The smallest absolute Gasteiger partial charge is 0.235 e. The van der Waals surface area contributed by atoms with Crippen LogP contribution >= 0.6 is 0 Å². The van der Waals surface area contributed by atoms with Gasteiger partial charge >= 0.3 is 0 Å². The average molecular weight is 900 g/mol. The van der Waals surface area contributed by atoms with Crippen molar-refractivity contribution in [2.24, 2.45) is 0 Å². The van der Waals surface area contributed by atoms with E-state index in [1.807, 2.05) is 0 Å². The fraction of sp³-hybridized carbons (Fsp3) is 0.0294. The zero-order valence-electron chi connectivity index (χ0n) is 38.5. The Morgan fingerprint density at radius 1 is 0.296 bits per heavy atom. The summed E-state index contributed by atoms with van der Waals surface area (Å²) in [6.07, 6.45) is 0. The van der Waals surface area contributed by atoms with Crippen molar-refractivity contribution in [1.82, 2.24) is 14.5 Å². The molecular formula is C68H41N3. The van der Waals surface area contributed by atoms with Crippen LogP contribution in [0.5, 0.6) is 0 Å². The highest BCUT2D eigenvalue weighted by molar-refractivity contribution is 6.22. The number of aromatic nitrogens is 3. The van der Waals surface area contributed by atoms with Crippen molar-refractivity contribution in [3.8, 4) is 50.6 Å². The molecule has 71 heavy (non-hydrogen) atoms. The van der Waals surface area contributed by atoms with E-state index < -0.39 is 10.8 Å². The zero-order valence-corrected chi connectivity index (χ0v) is 38.5. The molecule has 3 nitrogen and oxygen atoms in total. The predicted octanol–water partition coefficient (Wildman–Crippen LogP) is 16.3. The van der Waals surface area contributed by atoms with E-state index in [2.05, 4.69) is 253 Å². The van der Waals surface area contributed by atoms with Crippen molar-refractivity contribution in [1.29, 1.82) is 0 Å². The number of para-hydroxylation sites is 1. The molecule has 0 unspecified atom stereocenters. The summed E-state index contributed by atoms with van der Waals surface area (Å²) >= 11 is 0. The number of nitrogens with zero attached hydrogens (tertiary/aromatic N) is 3. The molecular weight excluding hydrogens is 859 g/mol. The highest BCUT2D eigenvalue weighted by Gasteiger charge is 2.59. The van der Waals surface area contributed by atoms with Crippen LogP contribution in [0.4, 0.5) is 0 Å². The third kappa shape index (κ3) is 4.92. The quantitative estimate of drug-likeness (QED) is 0.177. The van der Waals surface area contributed by atoms with Crippen LogP contribution in [-0.4, -0.2) is 14.5 Å². The van der Waals surface area contributed by atoms with Gasteiger partial charge in [0.05, 0.1) is 33.1 Å². The molecule has 328 valence electrons. The second kappa shape index (κ2) is 14.2. The Hall–Kier alpha value is -9.18. The third-order valence-corrected chi connectivity index (χ3v) is 16.3. The van der Waals surface area contributed by atoms with Gasteiger partial charge in [-0.3, -0.25) is 4.57 Å². The molecule has 2 spiro atoms. The number of hydrogen-bond donors (Lipinski definition) is 0. The number of rotatable bonds is 3. The van der Waals surface area contributed by atoms with E-state index in [9.17, 15) is 0 Å². The molecule has 0 saturated carbocycles. The average Bonchev–Trinajstić information content (AvgIpc) is 4.06. The number of benzene rings is 11. The van der Waals surface area contributed by atoms with Gasteiger partial charge in [0.25, 0.3) is 0 Å². The van der Waals surface area contributed by atoms with Crippen LogP contribution in [0.2, 0.25) is 0 Å². The number of hydrogen-bond acceptors (Lipinski definition) is 2. The Morgan fingerprint density at radius 2 is 0.775 bits per heavy atom. The van der Waals surface area contributed by atoms with Crippen molar-refractivity contribution in [3.05, 3.63) is 293 Å². The van der Waals surface area contributed by atoms with Gasteiger partial charge in [-0.15, -0.1) is 0 Å². The molecule has 16 rings (SSSR count). The Morgan fingerprint density at radius 3 is 1.41 bits per heavy atom. The Bertz CT molecular complexity index is 4310. The minimum Gasteiger partial charge on any atom is -0.278 e. The van der Waals surface area contributed by atoms with Gasteiger partial charge in [-0.2, -0.15) is 0 Å². The molecule has 2 aromatic heterocycles. The molecule has 0 saturated heterocycles. The standard InChI is InChI=1S/C68H41N3/c1-2-18-42(19-3-1)43-34-36-45(37-35-43)65-50-25-9-17-33-61(50)69-66(70-65)71-62-39-38-44-20-4-5-21-46(44)64(62)52-40-60-51(41-63(52)71)49-24-8-12-28-55(49)68(60)58-31-15-13-29-56(58)67(57-30-14-16-32-59(57)68)53-26-10-6-22-47(53)48-23-7-11-27-54(48)67/h1-41H. The Balaban J connectivity index is 1.01. The van der Waals surface area contributed by atoms with Gasteiger partial charge in [0.15, 0.2) is 0 Å². The van der Waals surface area contributed by atoms with E-state index >= 15 is 0 Å². The molecule has 0 fully saturated rings. The lowest BCUT2D eigenvalue weighted by Gasteiger charge is -2.48. The first-order valence-electron chi connectivity index (χ1n) is 24.7. The van der Waals surface area contributed by atoms with Gasteiger partial charge in [-0.1, -0.05) is 224 Å². The summed E-state index contributed by atoms with van der Waals surface area (Å²) < 4.78 is 2.34. The van der Waals surface area contributed by atoms with E-state index in [4.69, 9.17) is 9.97 Å². The van der Waals surface area contributed by atoms with Gasteiger partial charge in [-0.25, -0.2) is 9.97 Å². The van der Waals surface area contributed by atoms with E-state index in [0.29, 0.717) is 5.95 Å². The topological polar surface area (TPSA) is 30.7 Å². The lowest BCUT2D eigenvalue weighted by atomic mass is 9.52. The lowest BCUT2D eigenvalue weighted by molar-refractivity contribution is 0.633. The first-order valence-corrected chi connectivity index (χ1v) is 24.7. The highest BCUT2D eigenvalue weighted by Crippen LogP contribution is 2.67. The maximum atomic E-state index is 5.61. The van der Waals surface area contributed by atoms with Crippen molar-refractivity contribution >= 4 is 43.5 Å². The summed E-state index contributed by atoms with van der Waals surface area (Å²) in [6.45, 7) is 0. The third-order valence-electron chi connectivity index (χ3n) is 16.3. The zero-order chi connectivity index (χ0) is 46.4. The van der Waals surface area contributed by atoms with Crippen LogP contribution in [-0.2, 0) is 10.8 Å². The molecule has 0 N–H and O–H groups in total. The molecule has 3 heteroatoms. The second-order valence-electron chi connectivity index (χ2n) is 19.5. The van der Waals surface area contributed by atoms with E-state index in [1.165, 1.54) is 99.4 Å². The summed E-state index contributed by atoms with van der Waals surface area (Å²) in [5.74, 6) is 0.649. The second-order valence-corrected chi connectivity index (χ2v) is 19.5. The van der Waals surface area contributed by atoms with Gasteiger partial charge in [0, 0.05) is 21.7 Å². The summed E-state index contributed by atoms with van der Waals surface area (Å²) in [6, 6.07) is 92.4. The minimum atomic E-state index is -0.622. The molecule has 2 heterocycles. The molecule has 0 aliphatic heterocycles. The van der Waals surface area contributed by atoms with Gasteiger partial charge in [0.1, 0.15) is 0 Å². The maximum absolute atomic E-state index is 5.61. The molecule has 0 radical (unpaired) electrons. The van der Waals surface area contributed by atoms with Gasteiger partial charge < -0.3 is 0 Å². The molecule has 11 aromatic carbocycles. The summed E-state index contributed by atoms with van der Waals surface area (Å²) in [7, 11) is 0. The van der Waals surface area contributed by atoms with Crippen molar-refractivity contribution < 1.29 is 0 Å². The normalized spacial score (nSPS) is 14.1. The van der Waals surface area contributed by atoms with Crippen LogP contribution in [0, 0.1) is 0 Å². The minimum absolute atomic E-state index is 0.507. The number of fused-ring (bicyclic) bond motifs is 22. The molecule has 0 amide bonds. The van der Waals surface area contributed by atoms with Crippen LogP contribution < -0.4 is 0 Å². The Labute approximate surface area is 410 Å². The van der Waals surface area contributed by atoms with Crippen molar-refractivity contribution in [3.63, 3.8) is 0 Å². The van der Waals surface area contributed by atoms with E-state index in [1.54, 1.807) is 0 Å². The van der Waals surface area contributed by atoms with Gasteiger partial charge in [0.2, 0.25) is 5.95 Å². The Kier molecular flexibility index (Phi) is 7.75. The first-order chi connectivity index (χ1) is 35.2. The lowest BCUT2D eigenvalue weighted by Crippen LogP contribution is -2.43. The van der Waals surface area contributed by atoms with Gasteiger partial charge in [-0.05, 0) is 113 Å². The molecule has 3 aliphatic rings. The SMILES string of the molecule is c1ccc(-c2ccc(-c3nc(-n4c5cc6c(cc5c5c7ccccc7ccc54)C4(c5ccccc5-6)c5ccccc5C5(c6ccccc6-c6ccccc65)c5ccccc54)nc4ccccc34)cc2)cc1. The van der Waals surface area contributed by atoms with Crippen LogP contribution in [0.1, 0.15) is 44.5 Å².